The van der Waals surface area contributed by atoms with Gasteiger partial charge in [-0.15, -0.1) is 0 Å². The predicted molar refractivity (Wildman–Crippen MR) is 224 cm³/mol. The summed E-state index contributed by atoms with van der Waals surface area (Å²) in [7, 11) is 0. The smallest absolute Gasteiger partial charge is 0.338 e. The molecular weight excluding hydrogens is 888 g/mol. The summed E-state index contributed by atoms with van der Waals surface area (Å²) in [5.41, 5.74) is -1.62. The van der Waals surface area contributed by atoms with E-state index < -0.39 is 147 Å². The van der Waals surface area contributed by atoms with Crippen molar-refractivity contribution in [2.24, 2.45) is 0 Å². The summed E-state index contributed by atoms with van der Waals surface area (Å²) in [6.07, 6.45) is -7.41. The van der Waals surface area contributed by atoms with Crippen molar-refractivity contribution in [1.82, 2.24) is 0 Å². The zero-order valence-electron chi connectivity index (χ0n) is 34.4. The summed E-state index contributed by atoms with van der Waals surface area (Å²) in [6.45, 7) is 1.39. The minimum Gasteiger partial charge on any atom is -0.508 e. The van der Waals surface area contributed by atoms with Crippen LogP contribution in [0.25, 0.3) is 0 Å². The van der Waals surface area contributed by atoms with Crippen LogP contribution in [0.5, 0.6) is 97.7 Å². The van der Waals surface area contributed by atoms with Gasteiger partial charge in [-0.2, -0.15) is 0 Å². The molecule has 0 amide bonds. The van der Waals surface area contributed by atoms with E-state index in [1.807, 2.05) is 0 Å². The molecule has 348 valence electrons. The van der Waals surface area contributed by atoms with Crippen molar-refractivity contribution >= 4 is 11.9 Å². The summed E-state index contributed by atoms with van der Waals surface area (Å²) in [6, 6.07) is 9.50. The first-order chi connectivity index (χ1) is 31.6. The average Bonchev–Trinajstić information content (AvgIpc) is 3.27. The molecule has 21 nitrogen and oxygen atoms in total. The number of rotatable bonds is 8. The number of hydrogen-bond acceptors (Lipinski definition) is 21. The van der Waals surface area contributed by atoms with E-state index in [4.69, 9.17) is 18.9 Å². The van der Waals surface area contributed by atoms with Crippen LogP contribution in [-0.2, 0) is 28.7 Å². The lowest BCUT2D eigenvalue weighted by atomic mass is 9.88. The molecule has 0 saturated carbocycles. The summed E-state index contributed by atoms with van der Waals surface area (Å²) in [5.74, 6) is -14.0. The van der Waals surface area contributed by atoms with E-state index in [0.29, 0.717) is 0 Å². The van der Waals surface area contributed by atoms with E-state index in [1.165, 1.54) is 6.92 Å². The normalized spacial score (nSPS) is 17.3. The van der Waals surface area contributed by atoms with Crippen LogP contribution in [0.15, 0.2) is 60.7 Å². The molecule has 6 aromatic carbocycles. The lowest BCUT2D eigenvalue weighted by Gasteiger charge is -2.36. The van der Waals surface area contributed by atoms with Crippen LogP contribution >= 0.6 is 0 Å². The maximum absolute atomic E-state index is 13.5. The van der Waals surface area contributed by atoms with E-state index in [2.05, 4.69) is 0 Å². The molecular formula is C46H38O21. The van der Waals surface area contributed by atoms with Crippen molar-refractivity contribution in [1.29, 1.82) is 0 Å². The number of fused-ring (bicyclic) bond motifs is 2. The van der Waals surface area contributed by atoms with Gasteiger partial charge in [0.15, 0.2) is 64.0 Å². The molecule has 2 aliphatic heterocycles. The van der Waals surface area contributed by atoms with Crippen LogP contribution in [0.3, 0.4) is 0 Å². The van der Waals surface area contributed by atoms with Crippen LogP contribution in [-0.4, -0.2) is 101 Å². The number of carbonyl (C=O) groups excluding carboxylic acids is 2. The van der Waals surface area contributed by atoms with Crippen molar-refractivity contribution in [3.05, 3.63) is 111 Å². The molecule has 4 atom stereocenters. The third-order valence-corrected chi connectivity index (χ3v) is 11.5. The number of ether oxygens (including phenoxy) is 4. The van der Waals surface area contributed by atoms with Crippen LogP contribution in [0.4, 0.5) is 0 Å². The molecule has 2 aliphatic rings. The lowest BCUT2D eigenvalue weighted by Crippen LogP contribution is -2.35. The maximum Gasteiger partial charge on any atom is 0.338 e. The van der Waals surface area contributed by atoms with Gasteiger partial charge < -0.3 is 95.5 Å². The van der Waals surface area contributed by atoms with Crippen molar-refractivity contribution in [2.45, 2.75) is 50.6 Å². The van der Waals surface area contributed by atoms with Crippen molar-refractivity contribution < 1.29 is 105 Å². The molecule has 0 radical (unpaired) electrons. The Balaban J connectivity index is 1.19. The second-order valence-electron chi connectivity index (χ2n) is 15.8. The van der Waals surface area contributed by atoms with E-state index in [-0.39, 0.29) is 56.0 Å². The molecule has 8 rings (SSSR count). The number of benzene rings is 6. The maximum atomic E-state index is 13.5. The fourth-order valence-corrected chi connectivity index (χ4v) is 7.92. The third-order valence-electron chi connectivity index (χ3n) is 11.5. The van der Waals surface area contributed by atoms with Gasteiger partial charge in [0, 0.05) is 70.3 Å². The van der Waals surface area contributed by atoms with Gasteiger partial charge >= 0.3 is 11.9 Å². The van der Waals surface area contributed by atoms with E-state index in [0.717, 1.165) is 60.7 Å². The van der Waals surface area contributed by atoms with Crippen LogP contribution < -0.4 is 9.47 Å². The largest absolute Gasteiger partial charge is 0.508 e. The average molecular weight is 927 g/mol. The zero-order valence-corrected chi connectivity index (χ0v) is 34.4. The first-order valence-corrected chi connectivity index (χ1v) is 19.8. The predicted octanol–water partition coefficient (Wildman–Crippen LogP) is 4.97. The third kappa shape index (κ3) is 7.93. The molecule has 67 heavy (non-hydrogen) atoms. The number of hydrogen-bond donors (Lipinski definition) is 15. The Morgan fingerprint density at radius 1 is 0.463 bits per heavy atom. The molecule has 0 saturated heterocycles. The summed E-state index contributed by atoms with van der Waals surface area (Å²) in [5, 5.41) is 158. The molecule has 21 heteroatoms. The van der Waals surface area contributed by atoms with Crippen molar-refractivity contribution in [3.63, 3.8) is 0 Å². The summed E-state index contributed by atoms with van der Waals surface area (Å²) in [4.78, 5) is 26.9. The van der Waals surface area contributed by atoms with Gasteiger partial charge in [-0.25, -0.2) is 9.59 Å². The van der Waals surface area contributed by atoms with Gasteiger partial charge in [-0.1, -0.05) is 0 Å². The van der Waals surface area contributed by atoms with Gasteiger partial charge in [0.25, 0.3) is 0 Å². The zero-order chi connectivity index (χ0) is 48.5. The highest BCUT2D eigenvalue weighted by atomic mass is 16.6. The monoisotopic (exact) mass is 926 g/mol. The van der Waals surface area contributed by atoms with Crippen LogP contribution in [0.1, 0.15) is 71.9 Å². The van der Waals surface area contributed by atoms with Gasteiger partial charge in [0.2, 0.25) is 0 Å². The second kappa shape index (κ2) is 16.4. The molecule has 0 bridgehead atoms. The summed E-state index contributed by atoms with van der Waals surface area (Å²) >= 11 is 0. The molecule has 0 unspecified atom stereocenters. The molecule has 0 fully saturated rings. The molecule has 0 spiro atoms. The minimum absolute atomic E-state index is 0.0557. The van der Waals surface area contributed by atoms with Gasteiger partial charge in [-0.05, 0) is 55.5 Å². The Bertz CT molecular complexity index is 2960. The quantitative estimate of drug-likeness (QED) is 0.0707. The molecule has 2 heterocycles. The SMILES string of the molecule is Cc1c(O)cc(C(=O)O[C@@H]2Cc3c(cc(O)c(Cc4c(O)cc(O)c5c4O[C@H](c4cc(O)c(O)c(O)c4)[C@H](OC(=O)c4cc(O)c(O)c(O)c4)C5)c3O)O[C@@H]2c2cc(O)c(O)c(O)c2)cc1O. The fourth-order valence-electron chi connectivity index (χ4n) is 7.92. The number of phenolic OH excluding ortho intramolecular Hbond substituents is 15. The standard InChI is InChI=1S/C46H38O21/c1-15-24(47)6-18(7-25(15)48)45(62)66-37-12-23-35(64-42(37)16-2-29(52)39(59)30(53)3-16)14-28(51)20(38(23)58)10-21-26(49)13-27(50)22-11-36(65-46(63)19-8-33(56)41(61)34(57)9-19)43(67-44(21)22)17-4-31(54)40(60)32(55)5-17/h2-9,13-14,36-37,42-43,47-61H,10-12H2,1H3/t36-,37-,42-,43-/m1/s1. The van der Waals surface area contributed by atoms with E-state index >= 15 is 0 Å². The number of esters is 2. The van der Waals surface area contributed by atoms with E-state index in [9.17, 15) is 86.2 Å². The first kappa shape index (κ1) is 44.5. The van der Waals surface area contributed by atoms with E-state index in [1.54, 1.807) is 0 Å². The Morgan fingerprint density at radius 2 is 0.866 bits per heavy atom. The second-order valence-corrected chi connectivity index (χ2v) is 15.8. The van der Waals surface area contributed by atoms with Crippen LogP contribution in [0.2, 0.25) is 0 Å². The Hall–Kier alpha value is -9.14. The number of carbonyl (C=O) groups is 2. The van der Waals surface area contributed by atoms with Crippen LogP contribution in [0, 0.1) is 6.92 Å². The van der Waals surface area contributed by atoms with Gasteiger partial charge in [0.05, 0.1) is 11.1 Å². The lowest BCUT2D eigenvalue weighted by molar-refractivity contribution is -0.0193. The summed E-state index contributed by atoms with van der Waals surface area (Å²) < 4.78 is 23.9. The number of phenols is 15. The fraction of sp³-hybridized carbons (Fsp3) is 0.174. The van der Waals surface area contributed by atoms with Gasteiger partial charge in [0.1, 0.15) is 58.2 Å². The Kier molecular flexibility index (Phi) is 10.9. The number of aromatic hydroxyl groups is 15. The van der Waals surface area contributed by atoms with Gasteiger partial charge in [-0.3, -0.25) is 0 Å². The van der Waals surface area contributed by atoms with Crippen molar-refractivity contribution in [2.75, 3.05) is 0 Å². The topological polar surface area (TPSA) is 375 Å². The highest BCUT2D eigenvalue weighted by molar-refractivity contribution is 5.92. The Labute approximate surface area is 375 Å². The molecule has 0 aromatic heterocycles. The molecule has 0 aliphatic carbocycles. The highest BCUT2D eigenvalue weighted by Gasteiger charge is 2.41. The first-order valence-electron chi connectivity index (χ1n) is 19.8. The minimum atomic E-state index is -1.56. The molecule has 15 N–H and O–H groups in total. The Morgan fingerprint density at radius 3 is 1.34 bits per heavy atom. The highest BCUT2D eigenvalue weighted by Crippen LogP contribution is 2.52. The molecule has 6 aromatic rings. The van der Waals surface area contributed by atoms with Crippen molar-refractivity contribution in [3.8, 4) is 97.7 Å².